The van der Waals surface area contributed by atoms with E-state index < -0.39 is 6.10 Å². The van der Waals surface area contributed by atoms with E-state index in [-0.39, 0.29) is 12.5 Å². The molecule has 158 valence electrons. The largest absolute Gasteiger partial charge is 0.481 e. The summed E-state index contributed by atoms with van der Waals surface area (Å²) >= 11 is 3.42. The molecule has 1 N–H and O–H groups in total. The van der Waals surface area contributed by atoms with Gasteiger partial charge in [-0.05, 0) is 54.7 Å². The van der Waals surface area contributed by atoms with Crippen LogP contribution >= 0.6 is 15.9 Å². The summed E-state index contributed by atoms with van der Waals surface area (Å²) in [6.07, 6.45) is 6.30. The number of methoxy groups -OCH3 is 1. The predicted molar refractivity (Wildman–Crippen MR) is 121 cm³/mol. The molecule has 0 aliphatic rings. The van der Waals surface area contributed by atoms with Crippen LogP contribution in [0.5, 0.6) is 5.75 Å². The fourth-order valence-corrected chi connectivity index (χ4v) is 2.87. The van der Waals surface area contributed by atoms with Gasteiger partial charge in [0.1, 0.15) is 11.9 Å². The quantitative estimate of drug-likeness (QED) is 0.411. The molecule has 0 aliphatic heterocycles. The Morgan fingerprint density at radius 1 is 1.17 bits per heavy atom. The molecule has 0 saturated carbocycles. The molecule has 5 nitrogen and oxygen atoms in total. The van der Waals surface area contributed by atoms with E-state index in [2.05, 4.69) is 38.0 Å². The topological polar surface area (TPSA) is 56.8 Å². The van der Waals surface area contributed by atoms with E-state index >= 15 is 0 Å². The summed E-state index contributed by atoms with van der Waals surface area (Å²) in [6.45, 7) is 3.08. The monoisotopic (exact) mass is 471 g/mol. The zero-order valence-electron chi connectivity index (χ0n) is 17.2. The number of ether oxygens (including phenoxy) is 3. The van der Waals surface area contributed by atoms with Crippen LogP contribution in [0.15, 0.2) is 65.2 Å². The number of allylic oxidation sites excluding steroid dienone is 1. The van der Waals surface area contributed by atoms with E-state index in [1.807, 2.05) is 67.6 Å². The number of rotatable bonds is 10. The molecular formula is C24H26BrNO4. The highest BCUT2D eigenvalue weighted by Gasteiger charge is 2.20. The van der Waals surface area contributed by atoms with E-state index in [1.54, 1.807) is 0 Å². The van der Waals surface area contributed by atoms with Gasteiger partial charge in [0.15, 0.2) is 12.7 Å². The summed E-state index contributed by atoms with van der Waals surface area (Å²) in [5.74, 6) is 3.31. The Kier molecular flexibility index (Phi) is 10.6. The molecule has 2 rings (SSSR count). The molecule has 0 radical (unpaired) electrons. The SMILES string of the molecule is CC=CCOC(C(=O)NCCc1ccc(OCC#COC)cc1)c1ccc(Br)cc1. The molecule has 1 atom stereocenters. The minimum atomic E-state index is -0.654. The molecule has 6 heteroatoms. The first-order valence-electron chi connectivity index (χ1n) is 9.62. The lowest BCUT2D eigenvalue weighted by atomic mass is 10.1. The van der Waals surface area contributed by atoms with E-state index in [0.717, 1.165) is 21.3 Å². The van der Waals surface area contributed by atoms with Crippen LogP contribution in [0, 0.1) is 12.0 Å². The van der Waals surface area contributed by atoms with Gasteiger partial charge in [0.05, 0.1) is 13.7 Å². The molecule has 1 amide bonds. The highest BCUT2D eigenvalue weighted by molar-refractivity contribution is 9.10. The van der Waals surface area contributed by atoms with E-state index in [0.29, 0.717) is 19.6 Å². The molecule has 0 saturated heterocycles. The molecule has 0 heterocycles. The van der Waals surface area contributed by atoms with Crippen LogP contribution in [0.4, 0.5) is 0 Å². The Hall–Kier alpha value is -2.75. The van der Waals surface area contributed by atoms with Gasteiger partial charge in [-0.15, -0.1) is 0 Å². The number of carbonyl (C=O) groups excluding carboxylic acids is 1. The van der Waals surface area contributed by atoms with Crippen molar-refractivity contribution >= 4 is 21.8 Å². The summed E-state index contributed by atoms with van der Waals surface area (Å²) in [5, 5.41) is 2.97. The van der Waals surface area contributed by atoms with Crippen molar-refractivity contribution in [2.45, 2.75) is 19.4 Å². The van der Waals surface area contributed by atoms with Crippen LogP contribution < -0.4 is 10.1 Å². The highest BCUT2D eigenvalue weighted by atomic mass is 79.9. The highest BCUT2D eigenvalue weighted by Crippen LogP contribution is 2.20. The van der Waals surface area contributed by atoms with Gasteiger partial charge in [0.2, 0.25) is 0 Å². The molecule has 0 fully saturated rings. The van der Waals surface area contributed by atoms with E-state index in [1.165, 1.54) is 7.11 Å². The molecule has 2 aromatic carbocycles. The zero-order valence-corrected chi connectivity index (χ0v) is 18.8. The number of halogens is 1. The maximum absolute atomic E-state index is 12.7. The second-order valence-corrected chi connectivity index (χ2v) is 7.21. The normalized spacial score (nSPS) is 11.4. The number of hydrogen-bond acceptors (Lipinski definition) is 4. The molecule has 0 spiro atoms. The third-order valence-electron chi connectivity index (χ3n) is 4.13. The van der Waals surface area contributed by atoms with Crippen LogP contribution in [0.1, 0.15) is 24.2 Å². The van der Waals surface area contributed by atoms with Crippen molar-refractivity contribution in [3.8, 4) is 17.8 Å². The van der Waals surface area contributed by atoms with Crippen molar-refractivity contribution in [2.75, 3.05) is 26.9 Å². The summed E-state index contributed by atoms with van der Waals surface area (Å²) in [4.78, 5) is 12.7. The Morgan fingerprint density at radius 2 is 1.90 bits per heavy atom. The first kappa shape index (κ1) is 23.5. The van der Waals surface area contributed by atoms with Crippen molar-refractivity contribution in [3.05, 3.63) is 76.3 Å². The molecule has 0 aromatic heterocycles. The van der Waals surface area contributed by atoms with Crippen molar-refractivity contribution in [1.29, 1.82) is 0 Å². The molecular weight excluding hydrogens is 446 g/mol. The maximum atomic E-state index is 12.7. The van der Waals surface area contributed by atoms with Gasteiger partial charge >= 0.3 is 0 Å². The molecule has 30 heavy (non-hydrogen) atoms. The molecule has 2 aromatic rings. The van der Waals surface area contributed by atoms with Gasteiger partial charge in [0.25, 0.3) is 5.91 Å². The van der Waals surface area contributed by atoms with Crippen LogP contribution in [-0.2, 0) is 20.7 Å². The summed E-state index contributed by atoms with van der Waals surface area (Å²) in [6, 6.07) is 15.3. The summed E-state index contributed by atoms with van der Waals surface area (Å²) in [7, 11) is 1.51. The number of nitrogens with one attached hydrogen (secondary N) is 1. The first-order valence-corrected chi connectivity index (χ1v) is 10.4. The molecule has 0 bridgehead atoms. The van der Waals surface area contributed by atoms with Crippen molar-refractivity contribution in [3.63, 3.8) is 0 Å². The minimum absolute atomic E-state index is 0.154. The van der Waals surface area contributed by atoms with Gasteiger partial charge < -0.3 is 19.5 Å². The van der Waals surface area contributed by atoms with Gasteiger partial charge in [-0.1, -0.05) is 52.3 Å². The predicted octanol–water partition coefficient (Wildman–Crippen LogP) is 4.43. The Labute approximate surface area is 186 Å². The van der Waals surface area contributed by atoms with Crippen molar-refractivity contribution in [1.82, 2.24) is 5.32 Å². The Bertz CT molecular complexity index is 867. The lowest BCUT2D eigenvalue weighted by Gasteiger charge is -2.17. The lowest BCUT2D eigenvalue weighted by Crippen LogP contribution is -2.32. The third-order valence-corrected chi connectivity index (χ3v) is 4.66. The first-order chi connectivity index (χ1) is 14.6. The standard InChI is InChI=1S/C24H26BrNO4/c1-3-4-17-30-23(20-8-10-21(25)11-9-20)24(27)26-15-14-19-6-12-22(13-7-19)29-18-5-16-28-2/h3-4,6-13,23H,14-15,17-18H2,1-2H3,(H,26,27). The third kappa shape index (κ3) is 8.32. The van der Waals surface area contributed by atoms with Gasteiger partial charge in [-0.25, -0.2) is 0 Å². The number of benzene rings is 2. The van der Waals surface area contributed by atoms with Crippen LogP contribution in [-0.4, -0.2) is 32.8 Å². The summed E-state index contributed by atoms with van der Waals surface area (Å²) in [5.41, 5.74) is 1.92. The van der Waals surface area contributed by atoms with Gasteiger partial charge in [-0.2, -0.15) is 0 Å². The smallest absolute Gasteiger partial charge is 0.253 e. The second kappa shape index (κ2) is 13.5. The van der Waals surface area contributed by atoms with Crippen LogP contribution in [0.25, 0.3) is 0 Å². The number of carbonyl (C=O) groups is 1. The minimum Gasteiger partial charge on any atom is -0.481 e. The fourth-order valence-electron chi connectivity index (χ4n) is 2.60. The van der Waals surface area contributed by atoms with E-state index in [4.69, 9.17) is 9.47 Å². The average molecular weight is 472 g/mol. The van der Waals surface area contributed by atoms with Crippen LogP contribution in [0.2, 0.25) is 0 Å². The second-order valence-electron chi connectivity index (χ2n) is 6.29. The van der Waals surface area contributed by atoms with Crippen molar-refractivity contribution < 1.29 is 19.0 Å². The van der Waals surface area contributed by atoms with Gasteiger partial charge in [-0.3, -0.25) is 4.79 Å². The Balaban J connectivity index is 1.87. The van der Waals surface area contributed by atoms with Gasteiger partial charge in [0, 0.05) is 11.0 Å². The van der Waals surface area contributed by atoms with Crippen molar-refractivity contribution in [2.24, 2.45) is 0 Å². The molecule has 1 unspecified atom stereocenters. The van der Waals surface area contributed by atoms with Crippen LogP contribution in [0.3, 0.4) is 0 Å². The Morgan fingerprint density at radius 3 is 2.57 bits per heavy atom. The number of hydrogen-bond donors (Lipinski definition) is 1. The average Bonchev–Trinajstić information content (AvgIpc) is 2.76. The fraction of sp³-hybridized carbons (Fsp3) is 0.292. The summed E-state index contributed by atoms with van der Waals surface area (Å²) < 4.78 is 16.9. The molecule has 0 aliphatic carbocycles. The van der Waals surface area contributed by atoms with E-state index in [9.17, 15) is 4.79 Å². The number of amides is 1. The maximum Gasteiger partial charge on any atom is 0.253 e. The zero-order chi connectivity index (χ0) is 21.6. The lowest BCUT2D eigenvalue weighted by molar-refractivity contribution is -0.132.